The van der Waals surface area contributed by atoms with E-state index in [0.717, 1.165) is 63.6 Å². The molecule has 0 aromatic heterocycles. The van der Waals surface area contributed by atoms with E-state index in [1.165, 1.54) is 6.21 Å². The topological polar surface area (TPSA) is 178 Å². The van der Waals surface area contributed by atoms with Crippen molar-refractivity contribution < 1.29 is 28.6 Å². The molecular weight excluding hydrogens is 552 g/mol. The second-order valence-electron chi connectivity index (χ2n) is 12.0. The summed E-state index contributed by atoms with van der Waals surface area (Å²) in [6.07, 6.45) is 9.10. The van der Waals surface area contributed by atoms with E-state index in [1.807, 2.05) is 0 Å². The number of amidine groups is 1. The van der Waals surface area contributed by atoms with Gasteiger partial charge in [0.2, 0.25) is 0 Å². The predicted molar refractivity (Wildman–Crippen MR) is 170 cm³/mol. The molecule has 12 nitrogen and oxygen atoms in total. The normalized spacial score (nSPS) is 17.0. The summed E-state index contributed by atoms with van der Waals surface area (Å²) < 4.78 is 16.2. The van der Waals surface area contributed by atoms with Crippen molar-refractivity contribution in [1.82, 2.24) is 10.6 Å². The number of hydrogen-bond donors (Lipinski definition) is 4. The number of rotatable bonds is 20. The maximum atomic E-state index is 12.9. The number of ether oxygens (including phenoxy) is 3. The van der Waals surface area contributed by atoms with E-state index >= 15 is 0 Å². The maximum Gasteiger partial charge on any atom is 0.408 e. The zero-order valence-corrected chi connectivity index (χ0v) is 27.0. The zero-order valence-electron chi connectivity index (χ0n) is 27.0. The van der Waals surface area contributed by atoms with Gasteiger partial charge in [0, 0.05) is 25.0 Å². The summed E-state index contributed by atoms with van der Waals surface area (Å²) in [6, 6.07) is -1.27. The predicted octanol–water partition coefficient (Wildman–Crippen LogP) is 4.33. The molecule has 1 aliphatic rings. The first-order chi connectivity index (χ1) is 20.4. The highest BCUT2D eigenvalue weighted by atomic mass is 16.6. The van der Waals surface area contributed by atoms with Crippen molar-refractivity contribution in [3.63, 3.8) is 0 Å². The maximum absolute atomic E-state index is 12.9. The Labute approximate surface area is 257 Å². The molecule has 2 atom stereocenters. The van der Waals surface area contributed by atoms with Gasteiger partial charge in [-0.15, -0.1) is 0 Å². The molecule has 246 valence electrons. The van der Waals surface area contributed by atoms with Gasteiger partial charge in [0.05, 0.1) is 19.0 Å². The molecule has 2 unspecified atom stereocenters. The lowest BCUT2D eigenvalue weighted by Crippen LogP contribution is -2.44. The first-order valence-electron chi connectivity index (χ1n) is 15.8. The van der Waals surface area contributed by atoms with Crippen LogP contribution in [0.4, 0.5) is 4.79 Å². The lowest BCUT2D eigenvalue weighted by Gasteiger charge is -2.25. The van der Waals surface area contributed by atoms with Gasteiger partial charge in [0.25, 0.3) is 0 Å². The Bertz CT molecular complexity index is 903. The molecule has 1 amide bonds. The fraction of sp³-hybridized carbons (Fsp3) is 0.806. The molecule has 0 aromatic carbocycles. The highest BCUT2D eigenvalue weighted by Crippen LogP contribution is 2.26. The monoisotopic (exact) mass is 608 g/mol. The second kappa shape index (κ2) is 21.6. The number of alkyl carbamates (subject to hydrolysis) is 1. The smallest absolute Gasteiger partial charge is 0.408 e. The minimum atomic E-state index is -0.797. The molecule has 1 saturated carbocycles. The Balaban J connectivity index is 2.57. The van der Waals surface area contributed by atoms with E-state index < -0.39 is 29.7 Å². The van der Waals surface area contributed by atoms with Crippen molar-refractivity contribution in [2.45, 2.75) is 123 Å². The van der Waals surface area contributed by atoms with Gasteiger partial charge in [-0.2, -0.15) is 0 Å². The van der Waals surface area contributed by atoms with Crippen molar-refractivity contribution in [3.8, 4) is 0 Å². The van der Waals surface area contributed by atoms with Crippen molar-refractivity contribution in [2.75, 3.05) is 32.8 Å². The lowest BCUT2D eigenvalue weighted by molar-refractivity contribution is -0.147. The van der Waals surface area contributed by atoms with E-state index in [9.17, 15) is 14.4 Å². The third kappa shape index (κ3) is 19.0. The molecule has 0 spiro atoms. The van der Waals surface area contributed by atoms with Crippen LogP contribution < -0.4 is 16.4 Å². The summed E-state index contributed by atoms with van der Waals surface area (Å²) in [5.74, 6) is 0.172. The second-order valence-corrected chi connectivity index (χ2v) is 12.0. The Morgan fingerprint density at radius 1 is 1.07 bits per heavy atom. The number of unbranched alkanes of at least 4 members (excludes halogenated alkanes) is 2. The van der Waals surface area contributed by atoms with Crippen LogP contribution in [0, 0.1) is 11.3 Å². The molecule has 1 fully saturated rings. The largest absolute Gasteiger partial charge is 0.464 e. The third-order valence-corrected chi connectivity index (χ3v) is 6.91. The minimum absolute atomic E-state index is 0.270. The summed E-state index contributed by atoms with van der Waals surface area (Å²) in [7, 11) is 0. The van der Waals surface area contributed by atoms with Crippen molar-refractivity contribution in [2.24, 2.45) is 21.6 Å². The summed E-state index contributed by atoms with van der Waals surface area (Å²) in [6.45, 7) is 11.4. The standard InChI is InChI=1S/C31H56N6O6/c1-6-41-28(38)26(11-7-9-19-34-21-18-32)36-25-15-13-24(14-16-25)17-22-42-29(39)27(12-8-10-20-35-23(2)33)37-30(40)43-31(3,4)5/h18,24,26-27,32,34H,6-17,19-22H2,1-5H3,(H2,33,35)(H,37,40). The number of carbonyl (C=O) groups excluding carboxylic acids is 3. The van der Waals surface area contributed by atoms with Gasteiger partial charge >= 0.3 is 18.0 Å². The van der Waals surface area contributed by atoms with Crippen LogP contribution in [0.25, 0.3) is 0 Å². The van der Waals surface area contributed by atoms with Crippen LogP contribution in [0.3, 0.4) is 0 Å². The van der Waals surface area contributed by atoms with Crippen LogP contribution in [0.1, 0.15) is 105 Å². The highest BCUT2D eigenvalue weighted by Gasteiger charge is 2.26. The molecule has 12 heteroatoms. The number of nitrogens with zero attached hydrogens (tertiary/aromatic N) is 2. The van der Waals surface area contributed by atoms with Gasteiger partial charge in [-0.05, 0) is 118 Å². The van der Waals surface area contributed by atoms with E-state index in [2.05, 4.69) is 15.6 Å². The molecule has 5 N–H and O–H groups in total. The average Bonchev–Trinajstić information content (AvgIpc) is 2.93. The number of nitrogens with two attached hydrogens (primary N) is 1. The minimum Gasteiger partial charge on any atom is -0.464 e. The number of nitrogens with one attached hydrogen (secondary N) is 3. The quantitative estimate of drug-likeness (QED) is 0.0518. The number of carbonyl (C=O) groups is 3. The van der Waals surface area contributed by atoms with Crippen LogP contribution in [-0.2, 0) is 23.8 Å². The van der Waals surface area contributed by atoms with Gasteiger partial charge in [-0.25, -0.2) is 14.4 Å². The first kappa shape index (κ1) is 38.0. The van der Waals surface area contributed by atoms with Gasteiger partial charge in [0.15, 0.2) is 0 Å². The summed E-state index contributed by atoms with van der Waals surface area (Å²) in [5.41, 5.74) is 5.95. The molecule has 0 saturated heterocycles. The number of aliphatic imine (C=N–C) groups is 2. The van der Waals surface area contributed by atoms with Gasteiger partial charge < -0.3 is 36.0 Å². The fourth-order valence-electron chi connectivity index (χ4n) is 4.73. The summed E-state index contributed by atoms with van der Waals surface area (Å²) in [5, 5.41) is 12.9. The Morgan fingerprint density at radius 2 is 1.77 bits per heavy atom. The SMILES string of the molecule is CCOC(=O)C(CCCCNCC=N)N=C1CCC(CCOC(=O)C(CCCCN=C(C)N)NC(=O)OC(C)(C)C)CC1. The van der Waals surface area contributed by atoms with E-state index in [0.29, 0.717) is 50.7 Å². The van der Waals surface area contributed by atoms with Gasteiger partial charge in [0.1, 0.15) is 17.7 Å². The van der Waals surface area contributed by atoms with Crippen molar-refractivity contribution in [3.05, 3.63) is 0 Å². The molecule has 43 heavy (non-hydrogen) atoms. The molecule has 0 bridgehead atoms. The summed E-state index contributed by atoms with van der Waals surface area (Å²) in [4.78, 5) is 46.7. The number of amides is 1. The fourth-order valence-corrected chi connectivity index (χ4v) is 4.73. The number of hydrogen-bond acceptors (Lipinski definition) is 10. The van der Waals surface area contributed by atoms with Gasteiger partial charge in [-0.1, -0.05) is 0 Å². The van der Waals surface area contributed by atoms with Crippen LogP contribution in [0.15, 0.2) is 9.98 Å². The Hall–Kier alpha value is -3.02. The van der Waals surface area contributed by atoms with Crippen LogP contribution in [0.5, 0.6) is 0 Å². The zero-order chi connectivity index (χ0) is 32.1. The Morgan fingerprint density at radius 3 is 2.40 bits per heavy atom. The summed E-state index contributed by atoms with van der Waals surface area (Å²) >= 11 is 0. The number of esters is 2. The van der Waals surface area contributed by atoms with E-state index in [-0.39, 0.29) is 12.6 Å². The molecule has 0 aliphatic heterocycles. The molecule has 0 heterocycles. The Kier molecular flexibility index (Phi) is 19.1. The molecule has 1 rings (SSSR count). The molecular formula is C31H56N6O6. The van der Waals surface area contributed by atoms with Crippen LogP contribution in [0.2, 0.25) is 0 Å². The lowest BCUT2D eigenvalue weighted by atomic mass is 9.86. The highest BCUT2D eigenvalue weighted by molar-refractivity contribution is 5.88. The van der Waals surface area contributed by atoms with Crippen LogP contribution in [-0.4, -0.2) is 86.3 Å². The van der Waals surface area contributed by atoms with Crippen molar-refractivity contribution >= 4 is 35.8 Å². The third-order valence-electron chi connectivity index (χ3n) is 6.91. The van der Waals surface area contributed by atoms with Gasteiger partial charge in [-0.3, -0.25) is 9.98 Å². The molecule has 1 aliphatic carbocycles. The molecule has 0 aromatic rings. The van der Waals surface area contributed by atoms with Crippen molar-refractivity contribution in [1.29, 1.82) is 5.41 Å². The first-order valence-corrected chi connectivity index (χ1v) is 15.8. The molecule has 0 radical (unpaired) electrons. The average molecular weight is 609 g/mol. The van der Waals surface area contributed by atoms with E-state index in [1.54, 1.807) is 34.6 Å². The van der Waals surface area contributed by atoms with Crippen LogP contribution >= 0.6 is 0 Å². The van der Waals surface area contributed by atoms with E-state index in [4.69, 9.17) is 30.3 Å².